The van der Waals surface area contributed by atoms with Gasteiger partial charge < -0.3 is 4.74 Å². The molecule has 0 heterocycles. The molecule has 0 rings (SSSR count). The van der Waals surface area contributed by atoms with E-state index in [0.29, 0.717) is 0 Å². The van der Waals surface area contributed by atoms with Gasteiger partial charge in [-0.25, -0.2) is 0 Å². The van der Waals surface area contributed by atoms with Crippen LogP contribution in [-0.2, 0) is 4.74 Å². The lowest BCUT2D eigenvalue weighted by Crippen LogP contribution is -1.94. The number of allylic oxidation sites excluding steroid dienone is 2. The predicted molar refractivity (Wildman–Crippen MR) is 54.4 cm³/mol. The van der Waals surface area contributed by atoms with Crippen LogP contribution < -0.4 is 0 Å². The molecule has 1 heteroatoms. The molecule has 0 aliphatic carbocycles. The maximum Gasteiger partial charge on any atom is 0.0466 e. The van der Waals surface area contributed by atoms with Gasteiger partial charge in [-0.2, -0.15) is 0 Å². The Morgan fingerprint density at radius 2 is 1.92 bits per heavy atom. The van der Waals surface area contributed by atoms with Gasteiger partial charge in [0.2, 0.25) is 0 Å². The van der Waals surface area contributed by atoms with E-state index in [-0.39, 0.29) is 0 Å². The zero-order valence-corrected chi connectivity index (χ0v) is 8.73. The summed E-state index contributed by atoms with van der Waals surface area (Å²) >= 11 is 0. The Hall–Kier alpha value is -0.300. The van der Waals surface area contributed by atoms with Crippen molar-refractivity contribution in [3.05, 3.63) is 11.6 Å². The second-order valence-electron chi connectivity index (χ2n) is 3.39. The number of unbranched alkanes of at least 4 members (excludes halogenated alkanes) is 2. The average molecular weight is 170 g/mol. The van der Waals surface area contributed by atoms with E-state index in [1.165, 1.54) is 24.8 Å². The van der Waals surface area contributed by atoms with Crippen LogP contribution >= 0.6 is 0 Å². The summed E-state index contributed by atoms with van der Waals surface area (Å²) in [6.07, 6.45) is 7.09. The van der Waals surface area contributed by atoms with Crippen molar-refractivity contribution in [2.45, 2.75) is 46.5 Å². The molecule has 0 aromatic carbocycles. The summed E-state index contributed by atoms with van der Waals surface area (Å²) in [5, 5.41) is 0. The van der Waals surface area contributed by atoms with Crippen molar-refractivity contribution in [1.29, 1.82) is 0 Å². The molecule has 1 nitrogen and oxygen atoms in total. The van der Waals surface area contributed by atoms with Crippen molar-refractivity contribution in [3.63, 3.8) is 0 Å². The molecule has 0 saturated heterocycles. The SMILES string of the molecule is CCCOCCCCC=C(C)C. The molecule has 0 bridgehead atoms. The number of hydrogen-bond donors (Lipinski definition) is 0. The molecule has 0 amide bonds. The Kier molecular flexibility index (Phi) is 8.57. The average Bonchev–Trinajstić information content (AvgIpc) is 2.02. The highest BCUT2D eigenvalue weighted by Gasteiger charge is 1.87. The van der Waals surface area contributed by atoms with Crippen LogP contribution in [0, 0.1) is 0 Å². The minimum absolute atomic E-state index is 0.919. The topological polar surface area (TPSA) is 9.23 Å². The molecule has 0 atom stereocenters. The first-order valence-corrected chi connectivity index (χ1v) is 4.98. The van der Waals surface area contributed by atoms with Crippen LogP contribution in [0.15, 0.2) is 11.6 Å². The van der Waals surface area contributed by atoms with E-state index < -0.39 is 0 Å². The fourth-order valence-electron chi connectivity index (χ4n) is 0.986. The van der Waals surface area contributed by atoms with Crippen LogP contribution in [0.3, 0.4) is 0 Å². The molecule has 0 fully saturated rings. The van der Waals surface area contributed by atoms with Gasteiger partial charge in [0.05, 0.1) is 0 Å². The van der Waals surface area contributed by atoms with Gasteiger partial charge in [0.25, 0.3) is 0 Å². The third kappa shape index (κ3) is 9.70. The van der Waals surface area contributed by atoms with Crippen molar-refractivity contribution in [2.24, 2.45) is 0 Å². The van der Waals surface area contributed by atoms with E-state index in [1.54, 1.807) is 0 Å². The minimum atomic E-state index is 0.919. The maximum atomic E-state index is 5.37. The number of rotatable bonds is 7. The van der Waals surface area contributed by atoms with E-state index in [1.807, 2.05) is 0 Å². The van der Waals surface area contributed by atoms with Gasteiger partial charge in [-0.3, -0.25) is 0 Å². The van der Waals surface area contributed by atoms with E-state index in [4.69, 9.17) is 4.74 Å². The lowest BCUT2D eigenvalue weighted by Gasteiger charge is -2.00. The number of ether oxygens (including phenoxy) is 1. The van der Waals surface area contributed by atoms with Gasteiger partial charge in [-0.15, -0.1) is 0 Å². The lowest BCUT2D eigenvalue weighted by atomic mass is 10.2. The molecule has 72 valence electrons. The Morgan fingerprint density at radius 3 is 2.50 bits per heavy atom. The molecule has 0 aliphatic rings. The van der Waals surface area contributed by atoms with E-state index >= 15 is 0 Å². The van der Waals surface area contributed by atoms with Crippen LogP contribution in [0.25, 0.3) is 0 Å². The molecule has 0 N–H and O–H groups in total. The van der Waals surface area contributed by atoms with Crippen molar-refractivity contribution in [2.75, 3.05) is 13.2 Å². The molecule has 0 unspecified atom stereocenters. The van der Waals surface area contributed by atoms with Gasteiger partial charge >= 0.3 is 0 Å². The van der Waals surface area contributed by atoms with E-state index in [9.17, 15) is 0 Å². The highest BCUT2D eigenvalue weighted by Crippen LogP contribution is 2.00. The smallest absolute Gasteiger partial charge is 0.0466 e. The number of hydrogen-bond acceptors (Lipinski definition) is 1. The Morgan fingerprint density at radius 1 is 1.17 bits per heavy atom. The predicted octanol–water partition coefficient (Wildman–Crippen LogP) is 3.55. The summed E-state index contributed by atoms with van der Waals surface area (Å²) in [6, 6.07) is 0. The van der Waals surface area contributed by atoms with E-state index in [0.717, 1.165) is 19.6 Å². The first kappa shape index (κ1) is 11.7. The monoisotopic (exact) mass is 170 g/mol. The highest BCUT2D eigenvalue weighted by atomic mass is 16.5. The molecule has 0 spiro atoms. The summed E-state index contributed by atoms with van der Waals surface area (Å²) in [6.45, 7) is 8.29. The van der Waals surface area contributed by atoms with Gasteiger partial charge in [0.15, 0.2) is 0 Å². The van der Waals surface area contributed by atoms with Gasteiger partial charge in [0.1, 0.15) is 0 Å². The van der Waals surface area contributed by atoms with Crippen LogP contribution in [0.2, 0.25) is 0 Å². The van der Waals surface area contributed by atoms with Crippen molar-refractivity contribution < 1.29 is 4.74 Å². The van der Waals surface area contributed by atoms with Crippen LogP contribution in [0.5, 0.6) is 0 Å². The Labute approximate surface area is 76.8 Å². The Balaban J connectivity index is 2.96. The van der Waals surface area contributed by atoms with Crippen LogP contribution in [0.1, 0.15) is 46.5 Å². The van der Waals surface area contributed by atoms with Crippen molar-refractivity contribution in [3.8, 4) is 0 Å². The summed E-state index contributed by atoms with van der Waals surface area (Å²) < 4.78 is 5.37. The minimum Gasteiger partial charge on any atom is -0.381 e. The molecule has 0 aromatic rings. The molecular weight excluding hydrogens is 148 g/mol. The highest BCUT2D eigenvalue weighted by molar-refractivity contribution is 4.92. The summed E-state index contributed by atoms with van der Waals surface area (Å²) in [5.74, 6) is 0. The summed E-state index contributed by atoms with van der Waals surface area (Å²) in [5.41, 5.74) is 1.42. The first-order chi connectivity index (χ1) is 5.77. The normalized spacial score (nSPS) is 9.92. The maximum absolute atomic E-state index is 5.37. The second kappa shape index (κ2) is 8.79. The fourth-order valence-corrected chi connectivity index (χ4v) is 0.986. The van der Waals surface area contributed by atoms with Crippen molar-refractivity contribution in [1.82, 2.24) is 0 Å². The molecule has 12 heavy (non-hydrogen) atoms. The zero-order chi connectivity index (χ0) is 9.23. The largest absolute Gasteiger partial charge is 0.381 e. The zero-order valence-electron chi connectivity index (χ0n) is 8.73. The van der Waals surface area contributed by atoms with Crippen LogP contribution in [0.4, 0.5) is 0 Å². The van der Waals surface area contributed by atoms with Crippen LogP contribution in [-0.4, -0.2) is 13.2 Å². The summed E-state index contributed by atoms with van der Waals surface area (Å²) in [4.78, 5) is 0. The fraction of sp³-hybridized carbons (Fsp3) is 0.818. The molecule has 0 radical (unpaired) electrons. The van der Waals surface area contributed by atoms with Gasteiger partial charge in [-0.1, -0.05) is 18.6 Å². The molecule has 0 saturated carbocycles. The van der Waals surface area contributed by atoms with Gasteiger partial charge in [-0.05, 0) is 39.5 Å². The van der Waals surface area contributed by atoms with Crippen molar-refractivity contribution >= 4 is 0 Å². The standard InChI is InChI=1S/C11H22O/c1-4-9-12-10-7-5-6-8-11(2)3/h8H,4-7,9-10H2,1-3H3. The second-order valence-corrected chi connectivity index (χ2v) is 3.39. The lowest BCUT2D eigenvalue weighted by molar-refractivity contribution is 0.131. The van der Waals surface area contributed by atoms with E-state index in [2.05, 4.69) is 26.8 Å². The quantitative estimate of drug-likeness (QED) is 0.419. The third-order valence-corrected chi connectivity index (χ3v) is 1.64. The summed E-state index contributed by atoms with van der Waals surface area (Å²) in [7, 11) is 0. The molecular formula is C11H22O. The van der Waals surface area contributed by atoms with Gasteiger partial charge in [0, 0.05) is 13.2 Å². The molecule has 0 aliphatic heterocycles. The first-order valence-electron chi connectivity index (χ1n) is 4.98. The third-order valence-electron chi connectivity index (χ3n) is 1.64. The molecule has 0 aromatic heterocycles. The Bertz CT molecular complexity index is 112.